The largest absolute Gasteiger partial charge is 0.478 e. The van der Waals surface area contributed by atoms with Gasteiger partial charge in [0, 0.05) is 35.3 Å². The number of carbonyl (C=O) groups excluding carboxylic acids is 1. The van der Waals surface area contributed by atoms with Crippen molar-refractivity contribution in [3.63, 3.8) is 0 Å². The molecule has 1 amide bonds. The second kappa shape index (κ2) is 7.12. The molecule has 0 atom stereocenters. The fourth-order valence-corrected chi connectivity index (χ4v) is 3.07. The minimum atomic E-state index is -0.100. The average molecular weight is 347 g/mol. The monoisotopic (exact) mass is 347 g/mol. The van der Waals surface area contributed by atoms with Crippen molar-refractivity contribution in [2.24, 2.45) is 0 Å². The molecule has 3 aromatic rings. The van der Waals surface area contributed by atoms with E-state index in [-0.39, 0.29) is 5.91 Å². The molecule has 0 spiro atoms. The number of hydrogen-bond acceptors (Lipinski definition) is 4. The minimum absolute atomic E-state index is 0.100. The summed E-state index contributed by atoms with van der Waals surface area (Å²) in [5.74, 6) is 0.958. The Morgan fingerprint density at radius 3 is 2.88 bits per heavy atom. The summed E-state index contributed by atoms with van der Waals surface area (Å²) in [6.45, 7) is 2.83. The summed E-state index contributed by atoms with van der Waals surface area (Å²) >= 11 is 0. The Morgan fingerprint density at radius 2 is 2.08 bits per heavy atom. The van der Waals surface area contributed by atoms with Gasteiger partial charge < -0.3 is 10.1 Å². The zero-order valence-electron chi connectivity index (χ0n) is 14.7. The molecular formula is C21H21N3O2. The number of fused-ring (bicyclic) bond motifs is 1. The maximum atomic E-state index is 12.9. The first-order valence-corrected chi connectivity index (χ1v) is 9.01. The Hall–Kier alpha value is -2.95. The summed E-state index contributed by atoms with van der Waals surface area (Å²) in [5, 5.41) is 3.89. The highest BCUT2D eigenvalue weighted by atomic mass is 16.5. The molecule has 1 aliphatic carbocycles. The number of para-hydroxylation sites is 1. The predicted molar refractivity (Wildman–Crippen MR) is 100 cm³/mol. The molecule has 2 heterocycles. The lowest BCUT2D eigenvalue weighted by Gasteiger charge is -2.12. The van der Waals surface area contributed by atoms with Crippen LogP contribution in [-0.2, 0) is 6.54 Å². The van der Waals surface area contributed by atoms with E-state index < -0.39 is 0 Å². The number of pyridine rings is 2. The van der Waals surface area contributed by atoms with E-state index in [1.807, 2.05) is 49.4 Å². The van der Waals surface area contributed by atoms with E-state index in [1.165, 1.54) is 0 Å². The van der Waals surface area contributed by atoms with E-state index in [0.717, 1.165) is 35.0 Å². The van der Waals surface area contributed by atoms with Gasteiger partial charge in [0.15, 0.2) is 0 Å². The molecule has 5 nitrogen and oxygen atoms in total. The second-order valence-electron chi connectivity index (χ2n) is 6.47. The second-order valence-corrected chi connectivity index (χ2v) is 6.47. The van der Waals surface area contributed by atoms with Crippen LogP contribution in [0.1, 0.15) is 47.3 Å². The number of nitrogens with zero attached hydrogens (tertiary/aromatic N) is 2. The third kappa shape index (κ3) is 3.38. The van der Waals surface area contributed by atoms with Gasteiger partial charge in [0.2, 0.25) is 5.88 Å². The zero-order chi connectivity index (χ0) is 17.9. The first-order valence-electron chi connectivity index (χ1n) is 9.01. The molecular weight excluding hydrogens is 326 g/mol. The number of aromatic nitrogens is 2. The number of nitrogens with one attached hydrogen (secondary N) is 1. The van der Waals surface area contributed by atoms with Crippen LogP contribution in [0.2, 0.25) is 0 Å². The van der Waals surface area contributed by atoms with Crippen LogP contribution in [0, 0.1) is 0 Å². The van der Waals surface area contributed by atoms with E-state index in [9.17, 15) is 4.79 Å². The lowest BCUT2D eigenvalue weighted by atomic mass is 10.1. The fraction of sp³-hybridized carbons (Fsp3) is 0.286. The molecule has 1 N–H and O–H groups in total. The zero-order valence-corrected chi connectivity index (χ0v) is 14.7. The maximum absolute atomic E-state index is 12.9. The van der Waals surface area contributed by atoms with E-state index in [2.05, 4.69) is 10.3 Å². The average Bonchev–Trinajstić information content (AvgIpc) is 3.52. The summed E-state index contributed by atoms with van der Waals surface area (Å²) in [4.78, 5) is 21.9. The van der Waals surface area contributed by atoms with E-state index >= 15 is 0 Å². The number of benzene rings is 1. The molecule has 0 bridgehead atoms. The molecule has 1 fully saturated rings. The Balaban J connectivity index is 1.60. The first-order chi connectivity index (χ1) is 12.8. The van der Waals surface area contributed by atoms with Gasteiger partial charge in [0.25, 0.3) is 5.91 Å². The van der Waals surface area contributed by atoms with Crippen LogP contribution in [0.4, 0.5) is 0 Å². The van der Waals surface area contributed by atoms with Crippen LogP contribution >= 0.6 is 0 Å². The summed E-state index contributed by atoms with van der Waals surface area (Å²) in [7, 11) is 0. The van der Waals surface area contributed by atoms with Crippen molar-refractivity contribution in [2.45, 2.75) is 32.2 Å². The SMILES string of the molecule is CCOc1ncccc1CNC(=O)c1cc(C2CC2)nc2ccccc12. The van der Waals surface area contributed by atoms with E-state index in [1.54, 1.807) is 6.20 Å². The Bertz CT molecular complexity index is 951. The number of carbonyl (C=O) groups is 1. The lowest BCUT2D eigenvalue weighted by molar-refractivity contribution is 0.0952. The van der Waals surface area contributed by atoms with Gasteiger partial charge in [-0.15, -0.1) is 0 Å². The highest BCUT2D eigenvalue weighted by Crippen LogP contribution is 2.40. The molecule has 0 unspecified atom stereocenters. The summed E-state index contributed by atoms with van der Waals surface area (Å²) in [5.41, 5.74) is 3.44. The van der Waals surface area contributed by atoms with Gasteiger partial charge in [-0.25, -0.2) is 4.98 Å². The van der Waals surface area contributed by atoms with Crippen molar-refractivity contribution in [3.8, 4) is 5.88 Å². The summed E-state index contributed by atoms with van der Waals surface area (Å²) in [6.07, 6.45) is 3.99. The molecule has 1 aliphatic rings. The van der Waals surface area contributed by atoms with Crippen molar-refractivity contribution in [2.75, 3.05) is 6.61 Å². The molecule has 1 aromatic carbocycles. The number of hydrogen-bond donors (Lipinski definition) is 1. The smallest absolute Gasteiger partial charge is 0.252 e. The van der Waals surface area contributed by atoms with Gasteiger partial charge in [0.1, 0.15) is 0 Å². The van der Waals surface area contributed by atoms with Gasteiger partial charge in [0.05, 0.1) is 17.7 Å². The molecule has 132 valence electrons. The van der Waals surface area contributed by atoms with E-state index in [4.69, 9.17) is 9.72 Å². The summed E-state index contributed by atoms with van der Waals surface area (Å²) < 4.78 is 5.53. The van der Waals surface area contributed by atoms with Crippen molar-refractivity contribution in [1.29, 1.82) is 0 Å². The van der Waals surface area contributed by atoms with Crippen LogP contribution in [-0.4, -0.2) is 22.5 Å². The Kier molecular flexibility index (Phi) is 4.52. The Labute approximate surface area is 152 Å². The molecule has 1 saturated carbocycles. The van der Waals surface area contributed by atoms with Crippen molar-refractivity contribution >= 4 is 16.8 Å². The minimum Gasteiger partial charge on any atom is -0.478 e. The standard InChI is InChI=1S/C21H21N3O2/c1-2-26-21-15(6-5-11-22-21)13-23-20(25)17-12-19(14-9-10-14)24-18-8-4-3-7-16(17)18/h3-8,11-12,14H,2,9-10,13H2,1H3,(H,23,25). The third-order valence-electron chi connectivity index (χ3n) is 4.55. The number of rotatable bonds is 6. The molecule has 26 heavy (non-hydrogen) atoms. The van der Waals surface area contributed by atoms with Gasteiger partial charge in [-0.3, -0.25) is 9.78 Å². The van der Waals surface area contributed by atoms with Crippen LogP contribution in [0.25, 0.3) is 10.9 Å². The molecule has 5 heteroatoms. The Morgan fingerprint density at radius 1 is 1.23 bits per heavy atom. The number of amides is 1. The number of ether oxygens (including phenoxy) is 1. The highest BCUT2D eigenvalue weighted by Gasteiger charge is 2.26. The maximum Gasteiger partial charge on any atom is 0.252 e. The lowest BCUT2D eigenvalue weighted by Crippen LogP contribution is -2.24. The van der Waals surface area contributed by atoms with Crippen molar-refractivity contribution in [1.82, 2.24) is 15.3 Å². The van der Waals surface area contributed by atoms with Crippen LogP contribution < -0.4 is 10.1 Å². The molecule has 2 aromatic heterocycles. The van der Waals surface area contributed by atoms with Gasteiger partial charge in [-0.05, 0) is 38.0 Å². The quantitative estimate of drug-likeness (QED) is 0.736. The molecule has 0 saturated heterocycles. The fourth-order valence-electron chi connectivity index (χ4n) is 3.07. The highest BCUT2D eigenvalue weighted by molar-refractivity contribution is 6.06. The molecule has 4 rings (SSSR count). The van der Waals surface area contributed by atoms with Crippen LogP contribution in [0.3, 0.4) is 0 Å². The van der Waals surface area contributed by atoms with E-state index in [0.29, 0.717) is 30.5 Å². The van der Waals surface area contributed by atoms with Crippen LogP contribution in [0.15, 0.2) is 48.7 Å². The molecule has 0 aliphatic heterocycles. The third-order valence-corrected chi connectivity index (χ3v) is 4.55. The predicted octanol–water partition coefficient (Wildman–Crippen LogP) is 3.84. The molecule has 0 radical (unpaired) electrons. The first kappa shape index (κ1) is 16.5. The van der Waals surface area contributed by atoms with Gasteiger partial charge >= 0.3 is 0 Å². The normalized spacial score (nSPS) is 13.6. The van der Waals surface area contributed by atoms with Crippen molar-refractivity contribution < 1.29 is 9.53 Å². The van der Waals surface area contributed by atoms with Crippen LogP contribution in [0.5, 0.6) is 5.88 Å². The van der Waals surface area contributed by atoms with Gasteiger partial charge in [-0.1, -0.05) is 24.3 Å². The van der Waals surface area contributed by atoms with Gasteiger partial charge in [-0.2, -0.15) is 0 Å². The van der Waals surface area contributed by atoms with Crippen molar-refractivity contribution in [3.05, 3.63) is 65.5 Å². The summed E-state index contributed by atoms with van der Waals surface area (Å²) in [6, 6.07) is 13.5. The topological polar surface area (TPSA) is 64.1 Å².